The van der Waals surface area contributed by atoms with Gasteiger partial charge in [0.25, 0.3) is 0 Å². The van der Waals surface area contributed by atoms with Crippen molar-refractivity contribution in [3.05, 3.63) is 242 Å². The average molecular weight is 1670 g/mol. The van der Waals surface area contributed by atoms with E-state index in [0.717, 1.165) is 85.6 Å². The van der Waals surface area contributed by atoms with E-state index in [2.05, 4.69) is 302 Å². The molecular formula is C75H68Ir3N9-3. The predicted molar refractivity (Wildman–Crippen MR) is 347 cm³/mol. The largest absolute Gasteiger partial charge is 0.381 e. The van der Waals surface area contributed by atoms with Crippen LogP contribution in [0, 0.1) is 25.1 Å². The molecule has 6 heterocycles. The molecule has 14 rings (SSSR count). The molecule has 0 saturated carbocycles. The molecule has 0 amide bonds. The molecule has 0 aliphatic rings. The van der Waals surface area contributed by atoms with Gasteiger partial charge in [-0.25, -0.2) is 15.0 Å². The smallest absolute Gasteiger partial charge is 0.116 e. The van der Waals surface area contributed by atoms with Crippen molar-refractivity contribution in [2.24, 2.45) is 0 Å². The van der Waals surface area contributed by atoms with E-state index in [0.29, 0.717) is 0 Å². The quantitative estimate of drug-likeness (QED) is 0.154. The van der Waals surface area contributed by atoms with Gasteiger partial charge >= 0.3 is 0 Å². The van der Waals surface area contributed by atoms with Crippen LogP contribution >= 0.6 is 0 Å². The van der Waals surface area contributed by atoms with Crippen LogP contribution in [0.4, 0.5) is 0 Å². The van der Waals surface area contributed by atoms with Crippen LogP contribution in [0.15, 0.2) is 201 Å². The monoisotopic (exact) mass is 1670 g/mol. The minimum absolute atomic E-state index is 0. The Bertz CT molecular complexity index is 4740. The zero-order chi connectivity index (χ0) is 58.5. The second-order valence-corrected chi connectivity index (χ2v) is 24.6. The first-order valence-electron chi connectivity index (χ1n) is 28.9. The van der Waals surface area contributed by atoms with Crippen LogP contribution in [0.25, 0.3) is 111 Å². The van der Waals surface area contributed by atoms with Gasteiger partial charge in [0, 0.05) is 128 Å². The molecule has 87 heavy (non-hydrogen) atoms. The third-order valence-corrected chi connectivity index (χ3v) is 15.6. The fourth-order valence-electron chi connectivity index (χ4n) is 11.2. The van der Waals surface area contributed by atoms with E-state index >= 15 is 0 Å². The zero-order valence-corrected chi connectivity index (χ0v) is 58.0. The van der Waals surface area contributed by atoms with E-state index in [1.54, 1.807) is 12.7 Å². The third-order valence-electron chi connectivity index (χ3n) is 15.6. The normalized spacial score (nSPS) is 11.6. The van der Waals surface area contributed by atoms with Crippen molar-refractivity contribution < 1.29 is 60.3 Å². The first-order chi connectivity index (χ1) is 40.4. The number of benzene rings is 8. The number of fused-ring (bicyclic) bond motifs is 9. The van der Waals surface area contributed by atoms with Gasteiger partial charge in [-0.15, -0.1) is 71.3 Å². The molecule has 12 heteroatoms. The van der Waals surface area contributed by atoms with E-state index in [-0.39, 0.29) is 76.6 Å². The summed E-state index contributed by atoms with van der Waals surface area (Å²) in [6.45, 7) is 24.6. The van der Waals surface area contributed by atoms with Gasteiger partial charge in [-0.1, -0.05) is 188 Å². The molecule has 0 saturated heterocycles. The summed E-state index contributed by atoms with van der Waals surface area (Å²) in [5, 5.41) is 7.40. The summed E-state index contributed by atoms with van der Waals surface area (Å²) in [6, 6.07) is 76.1. The van der Waals surface area contributed by atoms with Crippen molar-refractivity contribution >= 4 is 65.4 Å². The standard InChI is InChI=1S/C27H24N3.C26H22N3.C22H22N3.3Ir/c1-18-28-23(17-26(29-18)27(2,3)4)19-14-15-25-22(16-19)21-12-8-9-13-24(21)30(25)20-10-6-5-7-11-20;1-26(2,3)25-16-22(27-17-28-25)18-13-14-24-21(15-18)20-11-7-8-12-23(20)29(24)19-9-5-4-6-10-19;1-5-25-19-9-7-6-8-16(19)17-12-15(10-11-20(17)25)18-13-21(22(2,3)4)24-14-23-18;;;/h5-13,15-17H,1-4H3;4-12,14-17H,1-3H3;6-9,11-14H,5H2,1-4H3;;;/q3*-1;;;. The van der Waals surface area contributed by atoms with Gasteiger partial charge in [0.05, 0.1) is 0 Å². The first-order valence-corrected chi connectivity index (χ1v) is 28.9. The van der Waals surface area contributed by atoms with Gasteiger partial charge in [-0.3, -0.25) is 15.0 Å². The molecule has 0 spiro atoms. The van der Waals surface area contributed by atoms with Crippen molar-refractivity contribution in [1.29, 1.82) is 0 Å². The van der Waals surface area contributed by atoms with Crippen molar-refractivity contribution in [3.8, 4) is 45.1 Å². The van der Waals surface area contributed by atoms with Crippen molar-refractivity contribution in [3.63, 3.8) is 0 Å². The van der Waals surface area contributed by atoms with E-state index in [1.165, 1.54) is 54.4 Å². The third kappa shape index (κ3) is 12.9. The minimum Gasteiger partial charge on any atom is -0.381 e. The van der Waals surface area contributed by atoms with Gasteiger partial charge in [0.15, 0.2) is 0 Å². The summed E-state index contributed by atoms with van der Waals surface area (Å²) in [5.74, 6) is 0.789. The van der Waals surface area contributed by atoms with E-state index in [4.69, 9.17) is 4.98 Å². The molecule has 14 aromatic rings. The molecule has 6 aromatic heterocycles. The molecule has 0 atom stereocenters. The Balaban J connectivity index is 0.000000154. The number of hydrogen-bond acceptors (Lipinski definition) is 6. The molecular weight excluding hydrogens is 1600 g/mol. The molecule has 8 aromatic carbocycles. The topological polar surface area (TPSA) is 92.1 Å². The number of rotatable bonds is 6. The summed E-state index contributed by atoms with van der Waals surface area (Å²) in [6.07, 6.45) is 3.31. The van der Waals surface area contributed by atoms with Crippen LogP contribution in [-0.4, -0.2) is 43.6 Å². The molecule has 0 aliphatic heterocycles. The van der Waals surface area contributed by atoms with Gasteiger partial charge in [0.2, 0.25) is 0 Å². The fraction of sp³-hybridized carbons (Fsp3) is 0.200. The molecule has 0 N–H and O–H groups in total. The molecule has 443 valence electrons. The number of aryl methyl sites for hydroxylation is 2. The molecule has 0 fully saturated rings. The van der Waals surface area contributed by atoms with Gasteiger partial charge in [-0.2, -0.15) is 0 Å². The van der Waals surface area contributed by atoms with Crippen LogP contribution in [0.1, 0.15) is 92.1 Å². The molecule has 0 bridgehead atoms. The number of nitrogens with zero attached hydrogens (tertiary/aromatic N) is 9. The molecule has 3 radical (unpaired) electrons. The minimum atomic E-state index is -0.0319. The summed E-state index contributed by atoms with van der Waals surface area (Å²) < 4.78 is 6.94. The Kier molecular flexibility index (Phi) is 19.1. The van der Waals surface area contributed by atoms with Crippen LogP contribution in [0.2, 0.25) is 0 Å². The molecule has 9 nitrogen and oxygen atoms in total. The number of hydrogen-bond donors (Lipinski definition) is 0. The Labute approximate surface area is 550 Å². The zero-order valence-electron chi connectivity index (χ0n) is 50.8. The Morgan fingerprint density at radius 1 is 0.356 bits per heavy atom. The summed E-state index contributed by atoms with van der Waals surface area (Å²) in [5.41, 5.74) is 18.3. The van der Waals surface area contributed by atoms with Crippen molar-refractivity contribution in [1.82, 2.24) is 43.6 Å². The molecule has 0 aliphatic carbocycles. The number of aromatic nitrogens is 9. The maximum atomic E-state index is 4.72. The maximum Gasteiger partial charge on any atom is 0.116 e. The van der Waals surface area contributed by atoms with Crippen LogP contribution < -0.4 is 0 Å². The van der Waals surface area contributed by atoms with E-state index < -0.39 is 0 Å². The average Bonchev–Trinajstić information content (AvgIpc) is 1.69. The van der Waals surface area contributed by atoms with E-state index in [9.17, 15) is 0 Å². The van der Waals surface area contributed by atoms with Crippen molar-refractivity contribution in [2.45, 2.75) is 99.0 Å². The fourth-order valence-corrected chi connectivity index (χ4v) is 11.2. The Hall–Kier alpha value is -7.65. The van der Waals surface area contributed by atoms with Crippen LogP contribution in [0.5, 0.6) is 0 Å². The summed E-state index contributed by atoms with van der Waals surface area (Å²) >= 11 is 0. The first kappa shape index (κ1) is 63.8. The van der Waals surface area contributed by atoms with Gasteiger partial charge in [-0.05, 0) is 106 Å². The Morgan fingerprint density at radius 2 is 0.713 bits per heavy atom. The SMILES string of the molecule is CC(C)(C)c1cc(-c2[c-]cc3c(c2)c2ccccc2n3-c2ccccc2)ncn1.CCn1c2c[c-]c(-c3cc(C(C)(C)C)ncn3)cc2c2ccccc21.Cc1nc(-c2[c-]cc3c(c2)c2ccccc2n3-c2ccccc2)cc(C(C)(C)C)n1.[Ir].[Ir].[Ir]. The summed E-state index contributed by atoms with van der Waals surface area (Å²) in [7, 11) is 0. The summed E-state index contributed by atoms with van der Waals surface area (Å²) in [4.78, 5) is 27.3. The van der Waals surface area contributed by atoms with Gasteiger partial charge in [0.1, 0.15) is 18.5 Å². The van der Waals surface area contributed by atoms with Crippen LogP contribution in [0.3, 0.4) is 0 Å². The second-order valence-electron chi connectivity index (χ2n) is 24.6. The van der Waals surface area contributed by atoms with E-state index in [1.807, 2.05) is 19.1 Å². The number of para-hydroxylation sites is 5. The second kappa shape index (κ2) is 26.0. The Morgan fingerprint density at radius 3 is 1.14 bits per heavy atom. The molecule has 0 unspecified atom stereocenters. The van der Waals surface area contributed by atoms with Crippen LogP contribution in [-0.2, 0) is 83.1 Å². The van der Waals surface area contributed by atoms with Gasteiger partial charge < -0.3 is 13.7 Å². The maximum absolute atomic E-state index is 4.72. The predicted octanol–water partition coefficient (Wildman–Crippen LogP) is 18.3. The van der Waals surface area contributed by atoms with Crippen molar-refractivity contribution in [2.75, 3.05) is 0 Å².